The van der Waals surface area contributed by atoms with E-state index < -0.39 is 6.29 Å². The number of ether oxygens (including phenoxy) is 3. The Bertz CT molecular complexity index is 413. The molecule has 0 radical (unpaired) electrons. The van der Waals surface area contributed by atoms with Gasteiger partial charge in [-0.1, -0.05) is 24.3 Å². The van der Waals surface area contributed by atoms with E-state index in [9.17, 15) is 5.11 Å². The summed E-state index contributed by atoms with van der Waals surface area (Å²) in [5, 5.41) is 10.0. The van der Waals surface area contributed by atoms with Crippen LogP contribution in [-0.2, 0) is 9.47 Å². The fourth-order valence-electron chi connectivity index (χ4n) is 2.09. The molecule has 0 saturated carbocycles. The van der Waals surface area contributed by atoms with Gasteiger partial charge in [-0.05, 0) is 25.0 Å². The van der Waals surface area contributed by atoms with E-state index in [1.54, 1.807) is 38.5 Å². The molecule has 0 aromatic heterocycles. The van der Waals surface area contributed by atoms with Gasteiger partial charge in [0.05, 0.1) is 19.3 Å². The topological polar surface area (TPSA) is 47.9 Å². The van der Waals surface area contributed by atoms with Gasteiger partial charge in [0, 0.05) is 12.7 Å². The molecule has 0 bridgehead atoms. The summed E-state index contributed by atoms with van der Waals surface area (Å²) in [6, 6.07) is 7.21. The maximum atomic E-state index is 10.0. The SMILES string of the molecule is COc1ccc(C(O)OC2C=CC(OC)CC2)cc1. The van der Waals surface area contributed by atoms with Gasteiger partial charge in [-0.25, -0.2) is 0 Å². The number of aliphatic hydroxyl groups is 1. The lowest BCUT2D eigenvalue weighted by molar-refractivity contribution is -0.131. The van der Waals surface area contributed by atoms with Gasteiger partial charge in [-0.2, -0.15) is 0 Å². The summed E-state index contributed by atoms with van der Waals surface area (Å²) in [4.78, 5) is 0. The molecule has 2 rings (SSSR count). The van der Waals surface area contributed by atoms with Crippen molar-refractivity contribution in [2.45, 2.75) is 31.3 Å². The van der Waals surface area contributed by atoms with Gasteiger partial charge >= 0.3 is 0 Å². The molecule has 0 amide bonds. The molecule has 0 spiro atoms. The summed E-state index contributed by atoms with van der Waals surface area (Å²) in [6.45, 7) is 0. The van der Waals surface area contributed by atoms with Gasteiger partial charge in [-0.15, -0.1) is 0 Å². The summed E-state index contributed by atoms with van der Waals surface area (Å²) >= 11 is 0. The fourth-order valence-corrected chi connectivity index (χ4v) is 2.09. The molecule has 1 aromatic rings. The van der Waals surface area contributed by atoms with E-state index in [2.05, 4.69) is 0 Å². The highest BCUT2D eigenvalue weighted by molar-refractivity contribution is 5.27. The van der Waals surface area contributed by atoms with E-state index in [-0.39, 0.29) is 12.2 Å². The Morgan fingerprint density at radius 1 is 1.05 bits per heavy atom. The Morgan fingerprint density at radius 2 is 1.68 bits per heavy atom. The van der Waals surface area contributed by atoms with Gasteiger partial charge in [0.1, 0.15) is 5.75 Å². The molecule has 0 aliphatic heterocycles. The van der Waals surface area contributed by atoms with Crippen molar-refractivity contribution in [2.75, 3.05) is 14.2 Å². The lowest BCUT2D eigenvalue weighted by Gasteiger charge is -2.24. The normalized spacial score (nSPS) is 24.2. The number of aliphatic hydroxyl groups excluding tert-OH is 1. The summed E-state index contributed by atoms with van der Waals surface area (Å²) in [7, 11) is 3.31. The number of hydrogen-bond acceptors (Lipinski definition) is 4. The lowest BCUT2D eigenvalue weighted by Crippen LogP contribution is -2.22. The van der Waals surface area contributed by atoms with Crippen molar-refractivity contribution >= 4 is 0 Å². The van der Waals surface area contributed by atoms with Gasteiger partial charge in [0.15, 0.2) is 6.29 Å². The van der Waals surface area contributed by atoms with E-state index in [0.717, 1.165) is 24.2 Å². The van der Waals surface area contributed by atoms with Crippen LogP contribution in [-0.4, -0.2) is 31.5 Å². The summed E-state index contributed by atoms with van der Waals surface area (Å²) in [5.74, 6) is 0.761. The predicted molar refractivity (Wildman–Crippen MR) is 72.0 cm³/mol. The second-order valence-electron chi connectivity index (χ2n) is 4.54. The van der Waals surface area contributed by atoms with Crippen molar-refractivity contribution in [2.24, 2.45) is 0 Å². The van der Waals surface area contributed by atoms with Crippen molar-refractivity contribution in [1.29, 1.82) is 0 Å². The smallest absolute Gasteiger partial charge is 0.181 e. The Hall–Kier alpha value is -1.36. The number of methoxy groups -OCH3 is 2. The first-order valence-corrected chi connectivity index (χ1v) is 6.41. The quantitative estimate of drug-likeness (QED) is 0.655. The van der Waals surface area contributed by atoms with Crippen LogP contribution in [0.5, 0.6) is 5.75 Å². The average molecular weight is 264 g/mol. The predicted octanol–water partition coefficient (Wildman–Crippen LogP) is 2.44. The van der Waals surface area contributed by atoms with Crippen LogP contribution >= 0.6 is 0 Å². The van der Waals surface area contributed by atoms with Gasteiger partial charge in [0.2, 0.25) is 0 Å². The summed E-state index contributed by atoms with van der Waals surface area (Å²) < 4.78 is 15.9. The molecule has 4 nitrogen and oxygen atoms in total. The van der Waals surface area contributed by atoms with Crippen molar-refractivity contribution < 1.29 is 19.3 Å². The molecule has 3 atom stereocenters. The molecule has 3 unspecified atom stereocenters. The van der Waals surface area contributed by atoms with Crippen molar-refractivity contribution in [3.05, 3.63) is 42.0 Å². The molecular formula is C15H20O4. The molecular weight excluding hydrogens is 244 g/mol. The summed E-state index contributed by atoms with van der Waals surface area (Å²) in [6.07, 6.45) is 4.87. The van der Waals surface area contributed by atoms with Gasteiger partial charge < -0.3 is 19.3 Å². The van der Waals surface area contributed by atoms with E-state index in [0.29, 0.717) is 0 Å². The van der Waals surface area contributed by atoms with E-state index in [1.165, 1.54) is 0 Å². The van der Waals surface area contributed by atoms with Crippen LogP contribution in [0.1, 0.15) is 24.7 Å². The van der Waals surface area contributed by atoms with Crippen LogP contribution in [0.25, 0.3) is 0 Å². The first kappa shape index (κ1) is 14.1. The molecule has 1 N–H and O–H groups in total. The maximum Gasteiger partial charge on any atom is 0.181 e. The highest BCUT2D eigenvalue weighted by Gasteiger charge is 2.19. The minimum atomic E-state index is -0.917. The van der Waals surface area contributed by atoms with Crippen LogP contribution < -0.4 is 4.74 Å². The van der Waals surface area contributed by atoms with Crippen LogP contribution in [0.3, 0.4) is 0 Å². The fraction of sp³-hybridized carbons (Fsp3) is 0.467. The maximum absolute atomic E-state index is 10.0. The number of hydrogen-bond donors (Lipinski definition) is 1. The molecule has 1 aliphatic carbocycles. The Balaban J connectivity index is 1.91. The van der Waals surface area contributed by atoms with Crippen LogP contribution in [0.2, 0.25) is 0 Å². The first-order valence-electron chi connectivity index (χ1n) is 6.41. The minimum Gasteiger partial charge on any atom is -0.497 e. The molecule has 0 fully saturated rings. The Labute approximate surface area is 113 Å². The number of rotatable bonds is 5. The zero-order valence-corrected chi connectivity index (χ0v) is 11.3. The third kappa shape index (κ3) is 3.80. The Morgan fingerprint density at radius 3 is 2.21 bits per heavy atom. The van der Waals surface area contributed by atoms with E-state index in [1.807, 2.05) is 12.2 Å². The van der Waals surface area contributed by atoms with Crippen LogP contribution in [0.4, 0.5) is 0 Å². The van der Waals surface area contributed by atoms with Crippen LogP contribution in [0.15, 0.2) is 36.4 Å². The molecule has 1 aliphatic rings. The van der Waals surface area contributed by atoms with Gasteiger partial charge in [0.25, 0.3) is 0 Å². The zero-order valence-electron chi connectivity index (χ0n) is 11.3. The second kappa shape index (κ2) is 6.70. The molecule has 0 heterocycles. The third-order valence-electron chi connectivity index (χ3n) is 3.28. The highest BCUT2D eigenvalue weighted by Crippen LogP contribution is 2.24. The van der Waals surface area contributed by atoms with Gasteiger partial charge in [-0.3, -0.25) is 0 Å². The molecule has 19 heavy (non-hydrogen) atoms. The first-order chi connectivity index (χ1) is 9.22. The monoisotopic (exact) mass is 264 g/mol. The Kier molecular flexibility index (Phi) is 4.96. The standard InChI is InChI=1S/C15H20O4/c1-17-12-5-3-11(4-6-12)15(16)19-14-9-7-13(18-2)8-10-14/h3-7,9,13-16H,8,10H2,1-2H3. The zero-order chi connectivity index (χ0) is 13.7. The lowest BCUT2D eigenvalue weighted by atomic mass is 10.0. The van der Waals surface area contributed by atoms with Crippen molar-refractivity contribution in [1.82, 2.24) is 0 Å². The number of benzene rings is 1. The second-order valence-corrected chi connectivity index (χ2v) is 4.54. The average Bonchev–Trinajstić information content (AvgIpc) is 2.48. The summed E-state index contributed by atoms with van der Waals surface area (Å²) in [5.41, 5.74) is 0.725. The van der Waals surface area contributed by atoms with Crippen molar-refractivity contribution in [3.63, 3.8) is 0 Å². The van der Waals surface area contributed by atoms with E-state index in [4.69, 9.17) is 14.2 Å². The van der Waals surface area contributed by atoms with Crippen LogP contribution in [0, 0.1) is 0 Å². The third-order valence-corrected chi connectivity index (χ3v) is 3.28. The highest BCUT2D eigenvalue weighted by atomic mass is 16.6. The van der Waals surface area contributed by atoms with Crippen molar-refractivity contribution in [3.8, 4) is 5.75 Å². The molecule has 104 valence electrons. The van der Waals surface area contributed by atoms with E-state index >= 15 is 0 Å². The molecule has 4 heteroatoms. The molecule has 0 saturated heterocycles. The minimum absolute atomic E-state index is 0.0662. The molecule has 1 aromatic carbocycles. The largest absolute Gasteiger partial charge is 0.497 e.